The maximum Gasteiger partial charge on any atom is 0.573 e. The van der Waals surface area contributed by atoms with Gasteiger partial charge in [0.1, 0.15) is 16.8 Å². The largest absolute Gasteiger partial charge is 0.573 e. The summed E-state index contributed by atoms with van der Waals surface area (Å²) in [6, 6.07) is 2.39. The van der Waals surface area contributed by atoms with E-state index in [-0.39, 0.29) is 5.15 Å². The SMILES string of the molecule is N#Cc1cc(Cl)nc(Cl)c1OC(F)(F)F. The summed E-state index contributed by atoms with van der Waals surface area (Å²) in [6.45, 7) is 0. The van der Waals surface area contributed by atoms with Crippen LogP contribution in [0, 0.1) is 11.3 Å². The highest BCUT2D eigenvalue weighted by Crippen LogP contribution is 2.33. The van der Waals surface area contributed by atoms with Crippen molar-refractivity contribution in [1.82, 2.24) is 4.98 Å². The van der Waals surface area contributed by atoms with Gasteiger partial charge in [-0.15, -0.1) is 13.2 Å². The fourth-order valence-corrected chi connectivity index (χ4v) is 1.24. The molecule has 0 atom stereocenters. The number of aromatic nitrogens is 1. The maximum atomic E-state index is 11.9. The van der Waals surface area contributed by atoms with E-state index in [2.05, 4.69) is 9.72 Å². The third kappa shape index (κ3) is 3.15. The third-order valence-corrected chi connectivity index (χ3v) is 1.69. The molecule has 8 heteroatoms. The lowest BCUT2D eigenvalue weighted by Crippen LogP contribution is -2.18. The van der Waals surface area contributed by atoms with Gasteiger partial charge in [0.2, 0.25) is 0 Å². The van der Waals surface area contributed by atoms with Crippen molar-refractivity contribution in [3.8, 4) is 11.8 Å². The molecule has 1 aromatic rings. The van der Waals surface area contributed by atoms with Crippen LogP contribution in [0.1, 0.15) is 5.56 Å². The van der Waals surface area contributed by atoms with E-state index in [0.29, 0.717) is 0 Å². The number of nitriles is 1. The summed E-state index contributed by atoms with van der Waals surface area (Å²) in [4.78, 5) is 3.32. The van der Waals surface area contributed by atoms with Gasteiger partial charge in [0.05, 0.1) is 0 Å². The average Bonchev–Trinajstić information content (AvgIpc) is 2.07. The second kappa shape index (κ2) is 4.13. The molecule has 0 fully saturated rings. The minimum Gasteiger partial charge on any atom is -0.401 e. The van der Waals surface area contributed by atoms with Gasteiger partial charge >= 0.3 is 6.36 Å². The minimum absolute atomic E-state index is 0.189. The molecular formula is C7HCl2F3N2O. The van der Waals surface area contributed by atoms with E-state index in [1.165, 1.54) is 6.07 Å². The highest BCUT2D eigenvalue weighted by atomic mass is 35.5. The Kier molecular flexibility index (Phi) is 3.27. The Hall–Kier alpha value is -1.19. The van der Waals surface area contributed by atoms with Crippen LogP contribution in [0.3, 0.4) is 0 Å². The summed E-state index contributed by atoms with van der Waals surface area (Å²) in [7, 11) is 0. The van der Waals surface area contributed by atoms with Gasteiger partial charge < -0.3 is 4.74 Å². The first-order chi connectivity index (χ1) is 6.83. The number of pyridine rings is 1. The molecule has 0 aliphatic heterocycles. The molecule has 1 aromatic heterocycles. The summed E-state index contributed by atoms with van der Waals surface area (Å²) in [5.74, 6) is -0.851. The van der Waals surface area contributed by atoms with E-state index in [1.54, 1.807) is 0 Å². The molecule has 80 valence electrons. The fourth-order valence-electron chi connectivity index (χ4n) is 0.768. The molecular weight excluding hydrogens is 256 g/mol. The third-order valence-electron chi connectivity index (χ3n) is 1.24. The Labute approximate surface area is 92.0 Å². The van der Waals surface area contributed by atoms with Gasteiger partial charge in [-0.25, -0.2) is 4.98 Å². The molecule has 15 heavy (non-hydrogen) atoms. The summed E-state index contributed by atoms with van der Waals surface area (Å²) >= 11 is 10.7. The van der Waals surface area contributed by atoms with Crippen LogP contribution in [-0.2, 0) is 0 Å². The number of alkyl halides is 3. The van der Waals surface area contributed by atoms with E-state index in [0.717, 1.165) is 6.07 Å². The van der Waals surface area contributed by atoms with Crippen LogP contribution in [0.5, 0.6) is 5.75 Å². The lowest BCUT2D eigenvalue weighted by molar-refractivity contribution is -0.274. The topological polar surface area (TPSA) is 45.9 Å². The van der Waals surface area contributed by atoms with Crippen molar-refractivity contribution in [3.05, 3.63) is 21.9 Å². The lowest BCUT2D eigenvalue weighted by Gasteiger charge is -2.10. The molecule has 0 radical (unpaired) electrons. The van der Waals surface area contributed by atoms with E-state index >= 15 is 0 Å². The first-order valence-corrected chi connectivity index (χ1v) is 4.11. The number of rotatable bonds is 1. The Morgan fingerprint density at radius 1 is 1.40 bits per heavy atom. The number of hydrogen-bond acceptors (Lipinski definition) is 3. The van der Waals surface area contributed by atoms with Crippen LogP contribution >= 0.6 is 23.2 Å². The molecule has 0 amide bonds. The lowest BCUT2D eigenvalue weighted by atomic mass is 10.3. The molecule has 1 heterocycles. The van der Waals surface area contributed by atoms with Crippen molar-refractivity contribution in [2.45, 2.75) is 6.36 Å². The molecule has 1 rings (SSSR count). The van der Waals surface area contributed by atoms with Gasteiger partial charge in [-0.1, -0.05) is 23.2 Å². The predicted octanol–water partition coefficient (Wildman–Crippen LogP) is 3.16. The zero-order valence-corrected chi connectivity index (χ0v) is 8.28. The van der Waals surface area contributed by atoms with Crippen LogP contribution in [-0.4, -0.2) is 11.3 Å². The van der Waals surface area contributed by atoms with Gasteiger partial charge in [-0.3, -0.25) is 0 Å². The van der Waals surface area contributed by atoms with Crippen molar-refractivity contribution < 1.29 is 17.9 Å². The first kappa shape index (κ1) is 11.9. The zero-order valence-electron chi connectivity index (χ0n) is 6.77. The molecule has 0 saturated heterocycles. The van der Waals surface area contributed by atoms with Crippen LogP contribution in [0.25, 0.3) is 0 Å². The number of hydrogen-bond donors (Lipinski definition) is 0. The molecule has 0 aliphatic rings. The Morgan fingerprint density at radius 3 is 2.47 bits per heavy atom. The van der Waals surface area contributed by atoms with Gasteiger partial charge in [0, 0.05) is 0 Å². The normalized spacial score (nSPS) is 10.9. The maximum absolute atomic E-state index is 11.9. The standard InChI is InChI=1S/C7HCl2F3N2O/c8-4-1-3(2-13)5(6(9)14-4)15-7(10,11)12/h1H. The average molecular weight is 257 g/mol. The summed E-state index contributed by atoms with van der Waals surface area (Å²) in [5, 5.41) is 7.72. The second-order valence-corrected chi connectivity index (χ2v) is 3.02. The first-order valence-electron chi connectivity index (χ1n) is 3.35. The van der Waals surface area contributed by atoms with Gasteiger partial charge in [0.15, 0.2) is 10.9 Å². The quantitative estimate of drug-likeness (QED) is 0.726. The molecule has 0 spiro atoms. The predicted molar refractivity (Wildman–Crippen MR) is 45.7 cm³/mol. The Morgan fingerprint density at radius 2 is 2.00 bits per heavy atom. The minimum atomic E-state index is -4.94. The Bertz CT molecular complexity index is 427. The molecule has 0 N–H and O–H groups in total. The number of nitrogens with zero attached hydrogens (tertiary/aromatic N) is 2. The fraction of sp³-hybridized carbons (Fsp3) is 0.143. The van der Waals surface area contributed by atoms with E-state index in [9.17, 15) is 13.2 Å². The van der Waals surface area contributed by atoms with Gasteiger partial charge in [-0.2, -0.15) is 5.26 Å². The molecule has 0 aromatic carbocycles. The summed E-state index contributed by atoms with van der Waals surface area (Å²) in [6.07, 6.45) is -4.94. The van der Waals surface area contributed by atoms with Gasteiger partial charge in [-0.05, 0) is 6.07 Å². The Balaban J connectivity index is 3.23. The smallest absolute Gasteiger partial charge is 0.401 e. The highest BCUT2D eigenvalue weighted by molar-refractivity contribution is 6.33. The molecule has 0 aliphatic carbocycles. The molecule has 0 saturated carbocycles. The van der Waals surface area contributed by atoms with Crippen molar-refractivity contribution in [3.63, 3.8) is 0 Å². The van der Waals surface area contributed by atoms with Crippen LogP contribution in [0.15, 0.2) is 6.07 Å². The van der Waals surface area contributed by atoms with Crippen molar-refractivity contribution >= 4 is 23.2 Å². The van der Waals surface area contributed by atoms with E-state index in [1.807, 2.05) is 0 Å². The van der Waals surface area contributed by atoms with Crippen LogP contribution in [0.4, 0.5) is 13.2 Å². The van der Waals surface area contributed by atoms with Crippen LogP contribution in [0.2, 0.25) is 10.3 Å². The van der Waals surface area contributed by atoms with Crippen molar-refractivity contribution in [2.75, 3.05) is 0 Å². The van der Waals surface area contributed by atoms with Crippen molar-refractivity contribution in [2.24, 2.45) is 0 Å². The summed E-state index contributed by atoms with van der Waals surface area (Å²) < 4.78 is 39.2. The zero-order chi connectivity index (χ0) is 11.6. The second-order valence-electron chi connectivity index (χ2n) is 2.27. The monoisotopic (exact) mass is 256 g/mol. The van der Waals surface area contributed by atoms with Crippen molar-refractivity contribution in [1.29, 1.82) is 5.26 Å². The van der Waals surface area contributed by atoms with E-state index in [4.69, 9.17) is 28.5 Å². The van der Waals surface area contributed by atoms with Gasteiger partial charge in [0.25, 0.3) is 0 Å². The van der Waals surface area contributed by atoms with E-state index < -0.39 is 22.8 Å². The number of halogens is 5. The molecule has 3 nitrogen and oxygen atoms in total. The molecule has 0 bridgehead atoms. The highest BCUT2D eigenvalue weighted by Gasteiger charge is 2.33. The number of ether oxygens (including phenoxy) is 1. The summed E-state index contributed by atoms with van der Waals surface area (Å²) in [5.41, 5.74) is -0.433. The molecule has 0 unspecified atom stereocenters. The van der Waals surface area contributed by atoms with Crippen LogP contribution < -0.4 is 4.74 Å².